The van der Waals surface area contributed by atoms with Gasteiger partial charge in [0, 0.05) is 65.8 Å². The van der Waals surface area contributed by atoms with Crippen molar-refractivity contribution in [1.82, 2.24) is 0 Å². The van der Waals surface area contributed by atoms with Crippen LogP contribution in [0.25, 0.3) is 6.08 Å². The molecule has 0 N–H and O–H groups in total. The molecule has 0 atom stereocenters. The first-order valence-electron chi connectivity index (χ1n) is 3.35. The third kappa shape index (κ3) is 4.15. The van der Waals surface area contributed by atoms with Crippen LogP contribution in [0, 0.1) is 0 Å². The molecule has 1 aromatic rings. The predicted octanol–water partition coefficient (Wildman–Crippen LogP) is 2.08. The summed E-state index contributed by atoms with van der Waals surface area (Å²) >= 11 is 0. The molecule has 13 heavy (non-hydrogen) atoms. The van der Waals surface area contributed by atoms with Crippen molar-refractivity contribution in [3.05, 3.63) is 35.9 Å². The number of hydrogen-bond acceptors (Lipinski definition) is 1. The van der Waals surface area contributed by atoms with E-state index in [-0.39, 0.29) is 60.2 Å². The summed E-state index contributed by atoms with van der Waals surface area (Å²) in [5.41, 5.74) is 1.17. The maximum absolute atomic E-state index is 5.34. The topological polar surface area (TPSA) is 9.23 Å². The van der Waals surface area contributed by atoms with E-state index < -0.39 is 0 Å². The second kappa shape index (κ2) is 8.04. The monoisotopic (exact) mass is 567 g/mol. The summed E-state index contributed by atoms with van der Waals surface area (Å²) in [6, 6.07) is 8.03. The van der Waals surface area contributed by atoms with Gasteiger partial charge in [0.05, 0.1) is 0 Å². The van der Waals surface area contributed by atoms with Crippen LogP contribution in [-0.2, 0) is 60.2 Å². The maximum Gasteiger partial charge on any atom is 0.126 e. The molecule has 0 aliphatic carbocycles. The Kier molecular flexibility index (Phi) is 9.98. The fourth-order valence-electron chi connectivity index (χ4n) is 1.06. The minimum absolute atomic E-state index is 0. The van der Waals surface area contributed by atoms with E-state index >= 15 is 0 Å². The van der Waals surface area contributed by atoms with Crippen LogP contribution in [0.5, 0.6) is 5.75 Å². The van der Waals surface area contributed by atoms with Crippen molar-refractivity contribution in [2.45, 2.75) is 0 Å². The van der Waals surface area contributed by atoms with Crippen LogP contribution in [0.15, 0.2) is 30.3 Å². The molecule has 2 rings (SSSR count). The average molecular weight is 567 g/mol. The minimum atomic E-state index is 0. The number of rotatable bonds is 0. The summed E-state index contributed by atoms with van der Waals surface area (Å²) in [7, 11) is 0. The smallest absolute Gasteiger partial charge is 0.126 e. The van der Waals surface area contributed by atoms with Crippen LogP contribution in [0.3, 0.4) is 0 Å². The first kappa shape index (κ1) is 16.1. The van der Waals surface area contributed by atoms with Gasteiger partial charge in [0.1, 0.15) is 12.4 Å². The molecule has 0 bridgehead atoms. The predicted molar refractivity (Wildman–Crippen MR) is 41.0 cm³/mol. The van der Waals surface area contributed by atoms with Crippen molar-refractivity contribution in [3.63, 3.8) is 0 Å². The summed E-state index contributed by atoms with van der Waals surface area (Å²) in [6.45, 7) is 0.705. The molecule has 1 aliphatic heterocycles. The second-order valence-corrected chi connectivity index (χ2v) is 2.25. The number of hydrogen-bond donors (Lipinski definition) is 0. The van der Waals surface area contributed by atoms with E-state index in [1.807, 2.05) is 30.3 Å². The van der Waals surface area contributed by atoms with Crippen molar-refractivity contribution in [2.24, 2.45) is 0 Å². The second-order valence-electron chi connectivity index (χ2n) is 2.25. The van der Waals surface area contributed by atoms with Gasteiger partial charge in [-0.3, -0.25) is 0 Å². The molecular weight excluding hydrogens is 559 g/mol. The zero-order valence-electron chi connectivity index (χ0n) is 6.68. The Labute approximate surface area is 118 Å². The molecule has 0 fully saturated rings. The SMILES string of the molecule is C1=Cc2ccccc2OC1.[Co].[Pt].[Ta]. The fourth-order valence-corrected chi connectivity index (χ4v) is 1.06. The molecule has 2 radical (unpaired) electrons. The van der Waals surface area contributed by atoms with Crippen LogP contribution in [0.4, 0.5) is 0 Å². The normalized spacial score (nSPS) is 10.8. The Morgan fingerprint density at radius 1 is 1.15 bits per heavy atom. The van der Waals surface area contributed by atoms with Crippen molar-refractivity contribution in [3.8, 4) is 5.75 Å². The van der Waals surface area contributed by atoms with Crippen LogP contribution in [0.1, 0.15) is 5.56 Å². The zero-order chi connectivity index (χ0) is 6.81. The van der Waals surface area contributed by atoms with Gasteiger partial charge in [-0.2, -0.15) is 0 Å². The first-order chi connectivity index (χ1) is 4.97. The summed E-state index contributed by atoms with van der Waals surface area (Å²) < 4.78 is 5.34. The van der Waals surface area contributed by atoms with Crippen LogP contribution in [0.2, 0.25) is 0 Å². The van der Waals surface area contributed by atoms with E-state index in [1.165, 1.54) is 5.56 Å². The standard InChI is InChI=1S/C9H8O.Co.Pt.Ta/c1-2-6-9-8(4-1)5-3-7-10-9;;;/h1-6H,7H2;;;. The maximum atomic E-state index is 5.34. The molecule has 74 valence electrons. The van der Waals surface area contributed by atoms with Crippen molar-refractivity contribution in [1.29, 1.82) is 0 Å². The molecule has 0 saturated carbocycles. The van der Waals surface area contributed by atoms with Gasteiger partial charge in [0.25, 0.3) is 0 Å². The van der Waals surface area contributed by atoms with Gasteiger partial charge in [-0.05, 0) is 12.1 Å². The van der Waals surface area contributed by atoms with Crippen LogP contribution >= 0.6 is 0 Å². The molecule has 1 heterocycles. The summed E-state index contributed by atoms with van der Waals surface area (Å²) in [6.07, 6.45) is 4.10. The minimum Gasteiger partial charge on any atom is -0.489 e. The van der Waals surface area contributed by atoms with Gasteiger partial charge >= 0.3 is 0 Å². The quantitative estimate of drug-likeness (QED) is 0.467. The Hall–Kier alpha value is 0.695. The van der Waals surface area contributed by atoms with Gasteiger partial charge in [-0.25, -0.2) is 0 Å². The molecule has 1 aromatic carbocycles. The van der Waals surface area contributed by atoms with Gasteiger partial charge in [-0.1, -0.05) is 24.3 Å². The molecule has 0 spiro atoms. The molecule has 0 unspecified atom stereocenters. The van der Waals surface area contributed by atoms with E-state index in [0.29, 0.717) is 6.61 Å². The molecule has 0 amide bonds. The molecule has 0 saturated heterocycles. The van der Waals surface area contributed by atoms with Gasteiger partial charge in [-0.15, -0.1) is 0 Å². The zero-order valence-corrected chi connectivity index (χ0v) is 13.2. The van der Waals surface area contributed by atoms with Crippen molar-refractivity contribution >= 4 is 6.08 Å². The molecule has 1 aliphatic rings. The molecular formula is C9H8CoOPtTa. The number of benzene rings is 1. The van der Waals surface area contributed by atoms with Crippen LogP contribution < -0.4 is 4.74 Å². The molecule has 1 nitrogen and oxygen atoms in total. The Morgan fingerprint density at radius 2 is 1.85 bits per heavy atom. The molecule has 4 heteroatoms. The van der Waals surface area contributed by atoms with Crippen molar-refractivity contribution in [2.75, 3.05) is 6.61 Å². The third-order valence-electron chi connectivity index (χ3n) is 1.55. The average Bonchev–Trinajstić information content (AvgIpc) is 2.05. The van der Waals surface area contributed by atoms with Crippen molar-refractivity contribution < 1.29 is 65.0 Å². The van der Waals surface area contributed by atoms with E-state index in [9.17, 15) is 0 Å². The summed E-state index contributed by atoms with van der Waals surface area (Å²) in [5, 5.41) is 0. The van der Waals surface area contributed by atoms with Gasteiger partial charge in [0.15, 0.2) is 0 Å². The van der Waals surface area contributed by atoms with E-state index in [2.05, 4.69) is 6.08 Å². The van der Waals surface area contributed by atoms with Gasteiger partial charge < -0.3 is 4.74 Å². The van der Waals surface area contributed by atoms with Gasteiger partial charge in [0.2, 0.25) is 0 Å². The summed E-state index contributed by atoms with van der Waals surface area (Å²) in [4.78, 5) is 0. The first-order valence-corrected chi connectivity index (χ1v) is 3.35. The third-order valence-corrected chi connectivity index (χ3v) is 1.55. The molecule has 0 aromatic heterocycles. The Bertz CT molecular complexity index is 278. The van der Waals surface area contributed by atoms with E-state index in [0.717, 1.165) is 5.75 Å². The van der Waals surface area contributed by atoms with E-state index in [4.69, 9.17) is 4.74 Å². The van der Waals surface area contributed by atoms with E-state index in [1.54, 1.807) is 0 Å². The Balaban J connectivity index is 0. The van der Waals surface area contributed by atoms with Crippen LogP contribution in [-0.4, -0.2) is 6.61 Å². The number of ether oxygens (including phenoxy) is 1. The number of fused-ring (bicyclic) bond motifs is 1. The Morgan fingerprint density at radius 3 is 2.54 bits per heavy atom. The largest absolute Gasteiger partial charge is 0.489 e. The fraction of sp³-hybridized carbons (Fsp3) is 0.111. The number of para-hydroxylation sites is 1. The summed E-state index contributed by atoms with van der Waals surface area (Å²) in [5.74, 6) is 0.991.